The van der Waals surface area contributed by atoms with Crippen LogP contribution in [0.15, 0.2) is 29.2 Å². The Morgan fingerprint density at radius 1 is 1.32 bits per heavy atom. The lowest BCUT2D eigenvalue weighted by Gasteiger charge is -2.26. The third-order valence-corrected chi connectivity index (χ3v) is 4.48. The number of benzene rings is 1. The van der Waals surface area contributed by atoms with E-state index in [-0.39, 0.29) is 4.90 Å². The number of alkyl halides is 1. The summed E-state index contributed by atoms with van der Waals surface area (Å²) >= 11 is 5.53. The maximum absolute atomic E-state index is 11.4. The van der Waals surface area contributed by atoms with Gasteiger partial charge in [-0.25, -0.2) is 8.42 Å². The summed E-state index contributed by atoms with van der Waals surface area (Å²) < 4.78 is 22.7. The van der Waals surface area contributed by atoms with E-state index in [2.05, 4.69) is 5.32 Å². The lowest BCUT2D eigenvalue weighted by atomic mass is 10.0. The van der Waals surface area contributed by atoms with Crippen LogP contribution in [-0.4, -0.2) is 54.2 Å². The molecular weight excluding hydrogens is 332 g/mol. The summed E-state index contributed by atoms with van der Waals surface area (Å²) in [6.07, 6.45) is -1.60. The lowest BCUT2D eigenvalue weighted by Crippen LogP contribution is -2.47. The van der Waals surface area contributed by atoms with Crippen LogP contribution in [0.1, 0.15) is 11.7 Å². The second-order valence-electron chi connectivity index (χ2n) is 4.72. The van der Waals surface area contributed by atoms with Gasteiger partial charge in [-0.1, -0.05) is 12.1 Å². The third-order valence-electron chi connectivity index (χ3n) is 3.01. The highest BCUT2D eigenvalue weighted by molar-refractivity contribution is 7.90. The van der Waals surface area contributed by atoms with Gasteiger partial charge < -0.3 is 15.3 Å². The minimum absolute atomic E-state index is 0.0993. The monoisotopic (exact) mass is 348 g/mol. The predicted molar refractivity (Wildman–Crippen MR) is 79.8 cm³/mol. The fraction of sp³-hybridized carbons (Fsp3) is 0.462. The standard InChI is InChI=1S/C13H17ClN2O5S/c1-22(20,21)9-4-2-8(3-5-9)12(18)11(7-17)16-13(19)10(14)6-15/h2-5,10-13,16-19H,7H2,1H3/t10?,11-,12-,13-/m1/s1. The van der Waals surface area contributed by atoms with Crippen LogP contribution in [0.2, 0.25) is 0 Å². The molecule has 0 heterocycles. The quantitative estimate of drug-likeness (QED) is 0.387. The number of aliphatic hydroxyl groups excluding tert-OH is 3. The molecule has 0 aliphatic heterocycles. The molecule has 22 heavy (non-hydrogen) atoms. The maximum Gasteiger partial charge on any atom is 0.175 e. The maximum atomic E-state index is 11.4. The Morgan fingerprint density at radius 2 is 1.86 bits per heavy atom. The average Bonchev–Trinajstić information content (AvgIpc) is 2.50. The van der Waals surface area contributed by atoms with E-state index >= 15 is 0 Å². The first-order valence-corrected chi connectivity index (χ1v) is 8.60. The van der Waals surface area contributed by atoms with Crippen molar-refractivity contribution in [3.63, 3.8) is 0 Å². The van der Waals surface area contributed by atoms with Gasteiger partial charge in [-0.2, -0.15) is 5.26 Å². The Hall–Kier alpha value is -1.21. The van der Waals surface area contributed by atoms with Crippen molar-refractivity contribution < 1.29 is 23.7 Å². The molecule has 0 saturated heterocycles. The van der Waals surface area contributed by atoms with Crippen molar-refractivity contribution >= 4 is 21.4 Å². The van der Waals surface area contributed by atoms with Crippen LogP contribution in [0.3, 0.4) is 0 Å². The van der Waals surface area contributed by atoms with E-state index in [1.807, 2.05) is 0 Å². The molecule has 9 heteroatoms. The first-order valence-electron chi connectivity index (χ1n) is 6.27. The van der Waals surface area contributed by atoms with Gasteiger partial charge >= 0.3 is 0 Å². The minimum atomic E-state index is -3.34. The Labute approximate surface area is 133 Å². The van der Waals surface area contributed by atoms with Gasteiger partial charge in [0, 0.05) is 6.26 Å². The van der Waals surface area contributed by atoms with Gasteiger partial charge in [0.05, 0.1) is 29.7 Å². The number of rotatable bonds is 7. The summed E-state index contributed by atoms with van der Waals surface area (Å²) in [6, 6.07) is 6.11. The highest BCUT2D eigenvalue weighted by Crippen LogP contribution is 2.20. The summed E-state index contributed by atoms with van der Waals surface area (Å²) in [5.74, 6) is 0. The highest BCUT2D eigenvalue weighted by atomic mass is 35.5. The van der Waals surface area contributed by atoms with Crippen LogP contribution in [0.5, 0.6) is 0 Å². The molecule has 1 unspecified atom stereocenters. The second kappa shape index (κ2) is 7.87. The van der Waals surface area contributed by atoms with E-state index in [0.717, 1.165) is 6.26 Å². The number of sulfone groups is 1. The van der Waals surface area contributed by atoms with Gasteiger partial charge in [-0.15, -0.1) is 11.6 Å². The number of hydrogen-bond acceptors (Lipinski definition) is 7. The second-order valence-corrected chi connectivity index (χ2v) is 7.20. The molecule has 4 N–H and O–H groups in total. The van der Waals surface area contributed by atoms with Crippen LogP contribution in [0.25, 0.3) is 0 Å². The normalized spacial score (nSPS) is 17.3. The fourth-order valence-electron chi connectivity index (χ4n) is 1.76. The molecule has 0 radical (unpaired) electrons. The van der Waals surface area contributed by atoms with Crippen molar-refractivity contribution in [2.24, 2.45) is 0 Å². The van der Waals surface area contributed by atoms with Crippen LogP contribution in [-0.2, 0) is 9.84 Å². The smallest absolute Gasteiger partial charge is 0.175 e. The summed E-state index contributed by atoms with van der Waals surface area (Å²) in [7, 11) is -3.34. The number of halogens is 1. The summed E-state index contributed by atoms with van der Waals surface area (Å²) in [4.78, 5) is 0.0993. The zero-order chi connectivity index (χ0) is 16.9. The molecule has 0 fully saturated rings. The molecule has 1 aromatic carbocycles. The lowest BCUT2D eigenvalue weighted by molar-refractivity contribution is 0.0430. The molecular formula is C13H17ClN2O5S. The minimum Gasteiger partial charge on any atom is -0.395 e. The Bertz CT molecular complexity index is 629. The fourth-order valence-corrected chi connectivity index (χ4v) is 2.47. The molecule has 1 rings (SSSR count). The first kappa shape index (κ1) is 18.8. The average molecular weight is 349 g/mol. The van der Waals surface area contributed by atoms with E-state index in [1.165, 1.54) is 24.3 Å². The van der Waals surface area contributed by atoms with Gasteiger partial charge in [-0.3, -0.25) is 5.32 Å². The van der Waals surface area contributed by atoms with Gasteiger partial charge in [0.2, 0.25) is 0 Å². The van der Waals surface area contributed by atoms with E-state index in [4.69, 9.17) is 16.9 Å². The van der Waals surface area contributed by atoms with Crippen LogP contribution in [0, 0.1) is 11.3 Å². The first-order chi connectivity index (χ1) is 10.2. The van der Waals surface area contributed by atoms with Crippen LogP contribution >= 0.6 is 11.6 Å². The van der Waals surface area contributed by atoms with Crippen molar-refractivity contribution in [3.8, 4) is 6.07 Å². The summed E-state index contributed by atoms with van der Waals surface area (Å²) in [5, 5.41) is 38.8. The molecule has 0 spiro atoms. The molecule has 7 nitrogen and oxygen atoms in total. The molecule has 1 aromatic rings. The van der Waals surface area contributed by atoms with E-state index in [9.17, 15) is 23.7 Å². The third kappa shape index (κ3) is 4.91. The molecule has 0 aliphatic carbocycles. The predicted octanol–water partition coefficient (Wildman–Crippen LogP) is -0.477. The molecule has 4 atom stereocenters. The molecule has 0 aromatic heterocycles. The number of nitrogens with one attached hydrogen (secondary N) is 1. The van der Waals surface area contributed by atoms with Crippen molar-refractivity contribution in [2.45, 2.75) is 28.6 Å². The van der Waals surface area contributed by atoms with Crippen molar-refractivity contribution in [1.29, 1.82) is 5.26 Å². The van der Waals surface area contributed by atoms with Crippen molar-refractivity contribution in [3.05, 3.63) is 29.8 Å². The zero-order valence-corrected chi connectivity index (χ0v) is 13.3. The Kier molecular flexibility index (Phi) is 6.74. The summed E-state index contributed by atoms with van der Waals surface area (Å²) in [5.41, 5.74) is 0.342. The number of nitrogens with zero attached hydrogens (tertiary/aromatic N) is 1. The molecule has 122 valence electrons. The SMILES string of the molecule is CS(=O)(=O)c1ccc([C@@H](O)[C@@H](CO)N[C@H](O)C(Cl)C#N)cc1. The van der Waals surface area contributed by atoms with Gasteiger partial charge in [0.1, 0.15) is 6.23 Å². The number of hydrogen-bond donors (Lipinski definition) is 4. The largest absolute Gasteiger partial charge is 0.395 e. The van der Waals surface area contributed by atoms with E-state index in [0.29, 0.717) is 5.56 Å². The molecule has 0 saturated carbocycles. The summed E-state index contributed by atoms with van der Waals surface area (Å²) in [6.45, 7) is -0.527. The Morgan fingerprint density at radius 3 is 2.27 bits per heavy atom. The molecule has 0 amide bonds. The Balaban J connectivity index is 2.88. The van der Waals surface area contributed by atoms with Crippen LogP contribution in [0.4, 0.5) is 0 Å². The van der Waals surface area contributed by atoms with Gasteiger partial charge in [0.15, 0.2) is 15.2 Å². The van der Waals surface area contributed by atoms with Gasteiger partial charge in [0.25, 0.3) is 0 Å². The zero-order valence-electron chi connectivity index (χ0n) is 11.7. The van der Waals surface area contributed by atoms with Crippen molar-refractivity contribution in [2.75, 3.05) is 12.9 Å². The highest BCUT2D eigenvalue weighted by Gasteiger charge is 2.26. The van der Waals surface area contributed by atoms with Crippen LogP contribution < -0.4 is 5.32 Å². The van der Waals surface area contributed by atoms with Gasteiger partial charge in [-0.05, 0) is 17.7 Å². The van der Waals surface area contributed by atoms with E-state index in [1.54, 1.807) is 6.07 Å². The molecule has 0 aliphatic rings. The van der Waals surface area contributed by atoms with E-state index < -0.39 is 40.2 Å². The number of aliphatic hydroxyl groups is 3. The topological polar surface area (TPSA) is 131 Å². The number of nitriles is 1. The van der Waals surface area contributed by atoms with Crippen molar-refractivity contribution in [1.82, 2.24) is 5.32 Å². The molecule has 0 bridgehead atoms.